The average Bonchev–Trinajstić information content (AvgIpc) is 2.62. The van der Waals surface area contributed by atoms with Crippen LogP contribution >= 0.6 is 0 Å². The van der Waals surface area contributed by atoms with Crippen molar-refractivity contribution < 1.29 is 19.1 Å². The third-order valence-corrected chi connectivity index (χ3v) is 3.38. The zero-order chi connectivity index (χ0) is 18.9. The van der Waals surface area contributed by atoms with Gasteiger partial charge in [-0.1, -0.05) is 6.92 Å². The zero-order valence-electron chi connectivity index (χ0n) is 14.9. The number of primary amides is 1. The molecule has 0 spiro atoms. The molecule has 0 saturated carbocycles. The van der Waals surface area contributed by atoms with Crippen molar-refractivity contribution in [2.75, 3.05) is 23.8 Å². The summed E-state index contributed by atoms with van der Waals surface area (Å²) in [5.74, 6) is 0.880. The third kappa shape index (κ3) is 5.41. The number of nitrogens with one attached hydrogen (secondary N) is 2. The smallest absolute Gasteiger partial charge is 0.316 e. The van der Waals surface area contributed by atoms with E-state index in [1.165, 1.54) is 0 Å². The molecule has 4 N–H and O–H groups in total. The normalized spacial score (nSPS) is 10.1. The maximum Gasteiger partial charge on any atom is 0.316 e. The maximum atomic E-state index is 12.5. The Labute approximate surface area is 152 Å². The monoisotopic (exact) mass is 357 g/mol. The lowest BCUT2D eigenvalue weighted by Crippen LogP contribution is -2.19. The number of hydrogen-bond donors (Lipinski definition) is 3. The highest BCUT2D eigenvalue weighted by Gasteiger charge is 2.12. The number of carbonyl (C=O) groups is 2. The number of anilines is 2. The first-order valence-corrected chi connectivity index (χ1v) is 8.41. The molecule has 0 bridgehead atoms. The SMILES string of the molecule is CCCOc1ccc(C(=O)Nc2ccc(NC(N)=O)cc2)cc1OCC. The van der Waals surface area contributed by atoms with E-state index in [0.717, 1.165) is 6.42 Å². The Kier molecular flexibility index (Phi) is 6.84. The van der Waals surface area contributed by atoms with Crippen molar-refractivity contribution in [1.29, 1.82) is 0 Å². The van der Waals surface area contributed by atoms with Crippen LogP contribution in [0.2, 0.25) is 0 Å². The number of rotatable bonds is 8. The molecule has 0 saturated heterocycles. The molecule has 7 nitrogen and oxygen atoms in total. The summed E-state index contributed by atoms with van der Waals surface area (Å²) in [7, 11) is 0. The number of amides is 3. The van der Waals surface area contributed by atoms with Gasteiger partial charge in [-0.05, 0) is 55.8 Å². The van der Waals surface area contributed by atoms with Crippen LogP contribution < -0.4 is 25.8 Å². The fraction of sp³-hybridized carbons (Fsp3) is 0.263. The molecule has 0 unspecified atom stereocenters. The molecule has 0 aromatic heterocycles. The van der Waals surface area contributed by atoms with Crippen molar-refractivity contribution in [3.63, 3.8) is 0 Å². The van der Waals surface area contributed by atoms with Crippen LogP contribution in [0.5, 0.6) is 11.5 Å². The Morgan fingerprint density at radius 3 is 2.15 bits per heavy atom. The quantitative estimate of drug-likeness (QED) is 0.671. The first-order valence-electron chi connectivity index (χ1n) is 8.41. The Morgan fingerprint density at radius 2 is 1.58 bits per heavy atom. The summed E-state index contributed by atoms with van der Waals surface area (Å²) in [6.07, 6.45) is 0.883. The van der Waals surface area contributed by atoms with Gasteiger partial charge >= 0.3 is 6.03 Å². The van der Waals surface area contributed by atoms with Gasteiger partial charge in [-0.2, -0.15) is 0 Å². The van der Waals surface area contributed by atoms with Crippen LogP contribution in [-0.4, -0.2) is 25.2 Å². The number of hydrogen-bond acceptors (Lipinski definition) is 4. The van der Waals surface area contributed by atoms with Crippen LogP contribution in [0.15, 0.2) is 42.5 Å². The molecule has 0 atom stereocenters. The van der Waals surface area contributed by atoms with Crippen molar-refractivity contribution in [2.45, 2.75) is 20.3 Å². The van der Waals surface area contributed by atoms with Gasteiger partial charge in [0.05, 0.1) is 13.2 Å². The van der Waals surface area contributed by atoms with Crippen LogP contribution in [0.25, 0.3) is 0 Å². The number of ether oxygens (including phenoxy) is 2. The van der Waals surface area contributed by atoms with Gasteiger partial charge in [-0.15, -0.1) is 0 Å². The second kappa shape index (κ2) is 9.31. The van der Waals surface area contributed by atoms with E-state index in [0.29, 0.717) is 41.7 Å². The van der Waals surface area contributed by atoms with E-state index in [1.807, 2.05) is 13.8 Å². The summed E-state index contributed by atoms with van der Waals surface area (Å²) in [6.45, 7) is 4.95. The van der Waals surface area contributed by atoms with E-state index in [2.05, 4.69) is 10.6 Å². The van der Waals surface area contributed by atoms with Gasteiger partial charge in [0.1, 0.15) is 0 Å². The Hall–Kier alpha value is -3.22. The van der Waals surface area contributed by atoms with Gasteiger partial charge in [-0.25, -0.2) is 4.79 Å². The lowest BCUT2D eigenvalue weighted by molar-refractivity contribution is 0.102. The van der Waals surface area contributed by atoms with Crippen LogP contribution in [0, 0.1) is 0 Å². The van der Waals surface area contributed by atoms with E-state index in [1.54, 1.807) is 42.5 Å². The second-order valence-corrected chi connectivity index (χ2v) is 5.46. The predicted molar refractivity (Wildman–Crippen MR) is 101 cm³/mol. The maximum absolute atomic E-state index is 12.5. The summed E-state index contributed by atoms with van der Waals surface area (Å²) in [4.78, 5) is 23.3. The topological polar surface area (TPSA) is 103 Å². The average molecular weight is 357 g/mol. The minimum absolute atomic E-state index is 0.274. The fourth-order valence-corrected chi connectivity index (χ4v) is 2.23. The molecule has 3 amide bonds. The molecule has 0 heterocycles. The van der Waals surface area contributed by atoms with Gasteiger partial charge in [0.2, 0.25) is 0 Å². The molecule has 2 aromatic rings. The van der Waals surface area contributed by atoms with Crippen LogP contribution in [0.1, 0.15) is 30.6 Å². The summed E-state index contributed by atoms with van der Waals surface area (Å²) in [5.41, 5.74) is 6.65. The Balaban J connectivity index is 2.10. The lowest BCUT2D eigenvalue weighted by Gasteiger charge is -2.13. The van der Waals surface area contributed by atoms with Crippen molar-refractivity contribution in [1.82, 2.24) is 0 Å². The van der Waals surface area contributed by atoms with E-state index < -0.39 is 6.03 Å². The highest BCUT2D eigenvalue weighted by atomic mass is 16.5. The molecule has 2 rings (SSSR count). The van der Waals surface area contributed by atoms with E-state index in [9.17, 15) is 9.59 Å². The molecule has 26 heavy (non-hydrogen) atoms. The number of urea groups is 1. The molecule has 0 aliphatic heterocycles. The highest BCUT2D eigenvalue weighted by molar-refractivity contribution is 6.04. The Bertz CT molecular complexity index is 760. The van der Waals surface area contributed by atoms with Crippen molar-refractivity contribution in [2.24, 2.45) is 5.73 Å². The van der Waals surface area contributed by atoms with Crippen LogP contribution in [0.3, 0.4) is 0 Å². The largest absolute Gasteiger partial charge is 0.490 e. The van der Waals surface area contributed by atoms with Crippen LogP contribution in [0.4, 0.5) is 16.2 Å². The number of benzene rings is 2. The summed E-state index contributed by atoms with van der Waals surface area (Å²) < 4.78 is 11.2. The van der Waals surface area contributed by atoms with Crippen LogP contribution in [-0.2, 0) is 0 Å². The van der Waals surface area contributed by atoms with Gasteiger partial charge < -0.3 is 25.8 Å². The summed E-state index contributed by atoms with van der Waals surface area (Å²) in [5, 5.41) is 5.25. The fourth-order valence-electron chi connectivity index (χ4n) is 2.23. The van der Waals surface area contributed by atoms with E-state index in [-0.39, 0.29) is 5.91 Å². The van der Waals surface area contributed by atoms with E-state index in [4.69, 9.17) is 15.2 Å². The minimum Gasteiger partial charge on any atom is -0.490 e. The first kappa shape index (κ1) is 19.1. The number of carbonyl (C=O) groups excluding carboxylic acids is 2. The summed E-state index contributed by atoms with van der Waals surface area (Å²) in [6, 6.07) is 11.1. The molecular weight excluding hydrogens is 334 g/mol. The minimum atomic E-state index is -0.643. The van der Waals surface area contributed by atoms with Gasteiger partial charge in [0, 0.05) is 16.9 Å². The lowest BCUT2D eigenvalue weighted by atomic mass is 10.1. The standard InChI is InChI=1S/C19H23N3O4/c1-3-11-26-16-10-5-13(12-17(16)25-4-2)18(23)21-14-6-8-15(9-7-14)22-19(20)24/h5-10,12H,3-4,11H2,1-2H3,(H,21,23)(H3,20,22,24). The van der Waals surface area contributed by atoms with Gasteiger partial charge in [-0.3, -0.25) is 4.79 Å². The van der Waals surface area contributed by atoms with Crippen molar-refractivity contribution in [3.8, 4) is 11.5 Å². The van der Waals surface area contributed by atoms with Gasteiger partial charge in [0.15, 0.2) is 11.5 Å². The third-order valence-electron chi connectivity index (χ3n) is 3.38. The molecule has 0 radical (unpaired) electrons. The van der Waals surface area contributed by atoms with E-state index >= 15 is 0 Å². The molecule has 0 fully saturated rings. The molecule has 138 valence electrons. The molecule has 7 heteroatoms. The van der Waals surface area contributed by atoms with Crippen molar-refractivity contribution >= 4 is 23.3 Å². The highest BCUT2D eigenvalue weighted by Crippen LogP contribution is 2.29. The molecular formula is C19H23N3O4. The molecule has 2 aromatic carbocycles. The Morgan fingerprint density at radius 1 is 0.923 bits per heavy atom. The predicted octanol–water partition coefficient (Wildman–Crippen LogP) is 3.62. The summed E-state index contributed by atoms with van der Waals surface area (Å²) >= 11 is 0. The molecule has 0 aliphatic carbocycles. The number of nitrogens with two attached hydrogens (primary N) is 1. The van der Waals surface area contributed by atoms with Crippen molar-refractivity contribution in [3.05, 3.63) is 48.0 Å². The second-order valence-electron chi connectivity index (χ2n) is 5.46. The van der Waals surface area contributed by atoms with Gasteiger partial charge in [0.25, 0.3) is 5.91 Å². The zero-order valence-corrected chi connectivity index (χ0v) is 14.9. The first-order chi connectivity index (χ1) is 12.5. The molecule has 0 aliphatic rings.